The minimum atomic E-state index is -3.68. The summed E-state index contributed by atoms with van der Waals surface area (Å²) in [6, 6.07) is 3.39. The van der Waals surface area contributed by atoms with Crippen molar-refractivity contribution in [3.63, 3.8) is 0 Å². The van der Waals surface area contributed by atoms with E-state index in [0.29, 0.717) is 0 Å². The first-order valence-electron chi connectivity index (χ1n) is 4.07. The van der Waals surface area contributed by atoms with Gasteiger partial charge in [-0.05, 0) is 26.0 Å². The fraction of sp³-hybridized carbons (Fsp3) is 0.375. The molecule has 0 saturated heterocycles. The molecule has 0 unspecified atom stereocenters. The molecule has 14 heavy (non-hydrogen) atoms. The van der Waals surface area contributed by atoms with Gasteiger partial charge >= 0.3 is 0 Å². The molecular formula is C8H11FN2O2S. The number of pyridine rings is 1. The normalized spacial score (nSPS) is 12.0. The van der Waals surface area contributed by atoms with Crippen LogP contribution in [0, 0.1) is 5.95 Å². The van der Waals surface area contributed by atoms with Gasteiger partial charge in [-0.1, -0.05) is 6.07 Å². The quantitative estimate of drug-likeness (QED) is 0.767. The molecule has 0 aliphatic carbocycles. The average Bonchev–Trinajstić information content (AvgIpc) is 2.01. The molecule has 0 atom stereocenters. The number of rotatable bonds is 3. The summed E-state index contributed by atoms with van der Waals surface area (Å²) in [6.07, 6.45) is 0. The topological polar surface area (TPSA) is 59.1 Å². The van der Waals surface area contributed by atoms with Crippen molar-refractivity contribution in [3.05, 3.63) is 24.1 Å². The van der Waals surface area contributed by atoms with Crippen molar-refractivity contribution in [2.24, 2.45) is 0 Å². The Hall–Kier alpha value is -1.01. The van der Waals surface area contributed by atoms with Gasteiger partial charge in [-0.3, -0.25) is 0 Å². The Labute approximate surface area is 82.2 Å². The molecule has 1 aromatic rings. The summed E-state index contributed by atoms with van der Waals surface area (Å²) in [4.78, 5) is 3.28. The average molecular weight is 218 g/mol. The first-order chi connectivity index (χ1) is 6.42. The van der Waals surface area contributed by atoms with Crippen LogP contribution in [0.3, 0.4) is 0 Å². The molecule has 1 N–H and O–H groups in total. The predicted octanol–water partition coefficient (Wildman–Crippen LogP) is 0.907. The number of halogens is 1. The highest BCUT2D eigenvalue weighted by molar-refractivity contribution is 7.89. The lowest BCUT2D eigenvalue weighted by atomic mass is 10.4. The zero-order valence-corrected chi connectivity index (χ0v) is 8.68. The van der Waals surface area contributed by atoms with Crippen molar-refractivity contribution in [3.8, 4) is 0 Å². The van der Waals surface area contributed by atoms with E-state index in [-0.39, 0.29) is 11.1 Å². The second-order valence-corrected chi connectivity index (χ2v) is 4.74. The summed E-state index contributed by atoms with van der Waals surface area (Å²) < 4.78 is 37.8. The summed E-state index contributed by atoms with van der Waals surface area (Å²) >= 11 is 0. The van der Waals surface area contributed by atoms with E-state index in [4.69, 9.17) is 0 Å². The monoisotopic (exact) mass is 218 g/mol. The molecule has 1 aromatic heterocycles. The van der Waals surface area contributed by atoms with Gasteiger partial charge in [-0.15, -0.1) is 0 Å². The first-order valence-corrected chi connectivity index (χ1v) is 5.55. The third kappa shape index (κ3) is 2.74. The van der Waals surface area contributed by atoms with Crippen LogP contribution in [0.25, 0.3) is 0 Å². The zero-order chi connectivity index (χ0) is 10.8. The second-order valence-electron chi connectivity index (χ2n) is 3.07. The number of hydrogen-bond acceptors (Lipinski definition) is 3. The lowest BCUT2D eigenvalue weighted by Gasteiger charge is -2.08. The lowest BCUT2D eigenvalue weighted by molar-refractivity contribution is 0.545. The van der Waals surface area contributed by atoms with Crippen molar-refractivity contribution in [1.29, 1.82) is 0 Å². The van der Waals surface area contributed by atoms with Crippen molar-refractivity contribution in [2.45, 2.75) is 24.9 Å². The predicted molar refractivity (Wildman–Crippen MR) is 49.7 cm³/mol. The van der Waals surface area contributed by atoms with E-state index in [1.54, 1.807) is 13.8 Å². The molecule has 1 rings (SSSR count). The maximum Gasteiger partial charge on any atom is 0.258 e. The molecule has 0 aliphatic rings. The van der Waals surface area contributed by atoms with Crippen LogP contribution < -0.4 is 4.72 Å². The number of aromatic nitrogens is 1. The molecular weight excluding hydrogens is 207 g/mol. The first kappa shape index (κ1) is 11.1. The highest BCUT2D eigenvalue weighted by atomic mass is 32.2. The van der Waals surface area contributed by atoms with E-state index in [1.165, 1.54) is 12.1 Å². The maximum atomic E-state index is 12.6. The van der Waals surface area contributed by atoms with E-state index >= 15 is 0 Å². The Bertz CT molecular complexity index is 417. The third-order valence-electron chi connectivity index (χ3n) is 1.36. The van der Waals surface area contributed by atoms with Crippen molar-refractivity contribution in [1.82, 2.24) is 9.71 Å². The molecule has 0 aromatic carbocycles. The number of sulfonamides is 1. The molecule has 0 aliphatic heterocycles. The number of nitrogens with one attached hydrogen (secondary N) is 1. The summed E-state index contributed by atoms with van der Waals surface area (Å²) in [6.45, 7) is 3.35. The van der Waals surface area contributed by atoms with Gasteiger partial charge in [0.2, 0.25) is 5.95 Å². The van der Waals surface area contributed by atoms with Gasteiger partial charge in [-0.25, -0.2) is 18.1 Å². The number of nitrogens with zero attached hydrogens (tertiary/aromatic N) is 1. The Morgan fingerprint density at radius 1 is 1.43 bits per heavy atom. The summed E-state index contributed by atoms with van der Waals surface area (Å²) in [5.41, 5.74) is 0. The molecule has 0 radical (unpaired) electrons. The second kappa shape index (κ2) is 4.02. The standard InChI is InChI=1S/C8H11FN2O2S/c1-6(2)11-14(12,13)8-5-3-4-7(9)10-8/h3-6,11H,1-2H3. The van der Waals surface area contributed by atoms with E-state index in [9.17, 15) is 12.8 Å². The molecule has 0 amide bonds. The number of hydrogen-bond donors (Lipinski definition) is 1. The van der Waals surface area contributed by atoms with Gasteiger partial charge < -0.3 is 0 Å². The minimum Gasteiger partial charge on any atom is -0.207 e. The summed E-state index contributed by atoms with van der Waals surface area (Å²) in [7, 11) is -3.68. The highest BCUT2D eigenvalue weighted by Gasteiger charge is 2.16. The molecule has 0 fully saturated rings. The molecule has 4 nitrogen and oxygen atoms in total. The zero-order valence-electron chi connectivity index (χ0n) is 7.86. The molecule has 1 heterocycles. The van der Waals surface area contributed by atoms with Crippen LogP contribution in [0.1, 0.15) is 13.8 Å². The van der Waals surface area contributed by atoms with Gasteiger partial charge in [0.05, 0.1) is 0 Å². The molecule has 6 heteroatoms. The van der Waals surface area contributed by atoms with Crippen LogP contribution in [0.4, 0.5) is 4.39 Å². The van der Waals surface area contributed by atoms with Crippen LogP contribution in [-0.2, 0) is 10.0 Å². The van der Waals surface area contributed by atoms with Crippen LogP contribution in [0.2, 0.25) is 0 Å². The minimum absolute atomic E-state index is 0.245. The summed E-state index contributed by atoms with van der Waals surface area (Å²) in [5, 5.41) is -0.300. The van der Waals surface area contributed by atoms with Gasteiger partial charge in [0, 0.05) is 6.04 Å². The third-order valence-corrected chi connectivity index (χ3v) is 2.92. The van der Waals surface area contributed by atoms with Crippen molar-refractivity contribution < 1.29 is 12.8 Å². The summed E-state index contributed by atoms with van der Waals surface area (Å²) in [5.74, 6) is -0.809. The molecule has 78 valence electrons. The van der Waals surface area contributed by atoms with E-state index in [2.05, 4.69) is 9.71 Å². The Kier molecular flexibility index (Phi) is 3.17. The largest absolute Gasteiger partial charge is 0.258 e. The van der Waals surface area contributed by atoms with Crippen LogP contribution in [0.15, 0.2) is 23.2 Å². The lowest BCUT2D eigenvalue weighted by Crippen LogP contribution is -2.30. The molecule has 0 saturated carbocycles. The van der Waals surface area contributed by atoms with Gasteiger partial charge in [0.25, 0.3) is 10.0 Å². The maximum absolute atomic E-state index is 12.6. The van der Waals surface area contributed by atoms with Gasteiger partial charge in [-0.2, -0.15) is 4.39 Å². The fourth-order valence-electron chi connectivity index (χ4n) is 0.910. The van der Waals surface area contributed by atoms with Crippen LogP contribution in [0.5, 0.6) is 0 Å². The Balaban J connectivity index is 3.05. The smallest absolute Gasteiger partial charge is 0.207 e. The van der Waals surface area contributed by atoms with E-state index < -0.39 is 16.0 Å². The Morgan fingerprint density at radius 2 is 2.07 bits per heavy atom. The van der Waals surface area contributed by atoms with E-state index in [1.807, 2.05) is 0 Å². The highest BCUT2D eigenvalue weighted by Crippen LogP contribution is 2.05. The fourth-order valence-corrected chi connectivity index (χ4v) is 2.12. The SMILES string of the molecule is CC(C)NS(=O)(=O)c1cccc(F)n1. The van der Waals surface area contributed by atoms with Crippen molar-refractivity contribution >= 4 is 10.0 Å². The molecule has 0 bridgehead atoms. The van der Waals surface area contributed by atoms with Crippen molar-refractivity contribution in [2.75, 3.05) is 0 Å². The Morgan fingerprint density at radius 3 is 2.57 bits per heavy atom. The van der Waals surface area contributed by atoms with Crippen LogP contribution in [-0.4, -0.2) is 19.4 Å². The van der Waals surface area contributed by atoms with Gasteiger partial charge in [0.15, 0.2) is 5.03 Å². The molecule has 0 spiro atoms. The van der Waals surface area contributed by atoms with Crippen LogP contribution >= 0.6 is 0 Å². The van der Waals surface area contributed by atoms with E-state index in [0.717, 1.165) is 6.07 Å². The van der Waals surface area contributed by atoms with Gasteiger partial charge in [0.1, 0.15) is 0 Å².